The normalized spacial score (nSPS) is 33.7. The van der Waals surface area contributed by atoms with Gasteiger partial charge in [0.1, 0.15) is 23.7 Å². The maximum absolute atomic E-state index is 12.8. The van der Waals surface area contributed by atoms with E-state index in [4.69, 9.17) is 14.2 Å². The monoisotopic (exact) mass is 479 g/mol. The fraction of sp³-hybridized carbons (Fsp3) is 0.500. The molecule has 0 bridgehead atoms. The highest BCUT2D eigenvalue weighted by Gasteiger charge is 2.62. The number of carbonyl (C=O) groups is 2. The standard InChI is InChI=1S/C28H33NO6/c1-27-15-14-24(28(2,17-30)23(27)13-12-22-21(27)16-25(31)34-22)35-26(32)29-18-8-10-20(11-9-18)33-19-6-4-3-5-7-19/h3-11,21-24,30H,12-17H2,1-2H3,(H,29,32)/t21-,22+,23-,24-,27+,28+/m1/s1. The van der Waals surface area contributed by atoms with Crippen molar-refractivity contribution in [2.75, 3.05) is 11.9 Å². The summed E-state index contributed by atoms with van der Waals surface area (Å²) < 4.78 is 17.3. The van der Waals surface area contributed by atoms with Crippen molar-refractivity contribution in [2.45, 2.75) is 58.2 Å². The Bertz CT molecular complexity index is 1070. The number of benzene rings is 2. The Kier molecular flexibility index (Phi) is 6.21. The van der Waals surface area contributed by atoms with E-state index >= 15 is 0 Å². The van der Waals surface area contributed by atoms with Crippen LogP contribution in [0, 0.1) is 22.7 Å². The summed E-state index contributed by atoms with van der Waals surface area (Å²) in [4.78, 5) is 24.8. The first kappa shape index (κ1) is 23.7. The lowest BCUT2D eigenvalue weighted by Gasteiger charge is -2.59. The number of aliphatic hydroxyl groups excluding tert-OH is 1. The number of esters is 1. The molecule has 0 radical (unpaired) electrons. The minimum atomic E-state index is -0.589. The molecular formula is C28H33NO6. The molecule has 2 aromatic rings. The maximum atomic E-state index is 12.8. The molecule has 1 aliphatic heterocycles. The maximum Gasteiger partial charge on any atom is 0.411 e. The van der Waals surface area contributed by atoms with Crippen LogP contribution >= 0.6 is 0 Å². The smallest absolute Gasteiger partial charge is 0.411 e. The average Bonchev–Trinajstić information content (AvgIpc) is 3.25. The number of ether oxygens (including phenoxy) is 3. The molecule has 6 atom stereocenters. The molecule has 1 heterocycles. The molecule has 0 aromatic heterocycles. The summed E-state index contributed by atoms with van der Waals surface area (Å²) in [5.41, 5.74) is -0.116. The molecule has 35 heavy (non-hydrogen) atoms. The molecule has 3 aliphatic rings. The van der Waals surface area contributed by atoms with Gasteiger partial charge in [0, 0.05) is 17.0 Å². The lowest BCUT2D eigenvalue weighted by atomic mass is 9.46. The van der Waals surface area contributed by atoms with Crippen molar-refractivity contribution in [3.05, 3.63) is 54.6 Å². The van der Waals surface area contributed by atoms with Gasteiger partial charge in [-0.2, -0.15) is 0 Å². The van der Waals surface area contributed by atoms with Crippen molar-refractivity contribution in [3.63, 3.8) is 0 Å². The number of amides is 1. The number of para-hydroxylation sites is 1. The fourth-order valence-corrected chi connectivity index (χ4v) is 6.80. The van der Waals surface area contributed by atoms with Gasteiger partial charge in [0.2, 0.25) is 0 Å². The highest BCUT2D eigenvalue weighted by Crippen LogP contribution is 2.62. The number of fused-ring (bicyclic) bond motifs is 3. The largest absolute Gasteiger partial charge is 0.462 e. The third-order valence-corrected chi connectivity index (χ3v) is 8.65. The summed E-state index contributed by atoms with van der Waals surface area (Å²) >= 11 is 0. The number of carbonyl (C=O) groups excluding carboxylic acids is 2. The second-order valence-electron chi connectivity index (χ2n) is 10.6. The van der Waals surface area contributed by atoms with Crippen LogP contribution in [0.3, 0.4) is 0 Å². The van der Waals surface area contributed by atoms with Gasteiger partial charge in [0.05, 0.1) is 13.0 Å². The second kappa shape index (κ2) is 9.19. The van der Waals surface area contributed by atoms with Crippen molar-refractivity contribution in [2.24, 2.45) is 22.7 Å². The van der Waals surface area contributed by atoms with Gasteiger partial charge in [0.25, 0.3) is 0 Å². The molecule has 2 aromatic carbocycles. The van der Waals surface area contributed by atoms with Crippen molar-refractivity contribution in [1.82, 2.24) is 0 Å². The summed E-state index contributed by atoms with van der Waals surface area (Å²) in [6.07, 6.45) is 2.56. The third kappa shape index (κ3) is 4.38. The van der Waals surface area contributed by atoms with E-state index in [0.717, 1.165) is 25.0 Å². The van der Waals surface area contributed by atoms with Gasteiger partial charge >= 0.3 is 12.1 Å². The van der Waals surface area contributed by atoms with Gasteiger partial charge in [-0.25, -0.2) is 4.79 Å². The molecule has 0 unspecified atom stereocenters. The SMILES string of the molecule is C[C@]1(CO)[C@@H]2CC[C@@H]3OC(=O)C[C@H]3[C@]2(C)CC[C@H]1OC(=O)Nc1ccc(Oc2ccccc2)cc1. The highest BCUT2D eigenvalue weighted by molar-refractivity contribution is 5.84. The first-order chi connectivity index (χ1) is 16.8. The van der Waals surface area contributed by atoms with Gasteiger partial charge in [-0.1, -0.05) is 32.0 Å². The van der Waals surface area contributed by atoms with Crippen LogP contribution in [0.1, 0.15) is 46.0 Å². The summed E-state index contributed by atoms with van der Waals surface area (Å²) in [5.74, 6) is 1.58. The molecule has 7 heteroatoms. The van der Waals surface area contributed by atoms with E-state index in [1.54, 1.807) is 24.3 Å². The molecule has 2 aliphatic carbocycles. The predicted octanol–water partition coefficient (Wildman–Crippen LogP) is 5.54. The van der Waals surface area contributed by atoms with Gasteiger partial charge in [-0.15, -0.1) is 0 Å². The number of hydrogen-bond donors (Lipinski definition) is 2. The van der Waals surface area contributed by atoms with E-state index in [1.165, 1.54) is 0 Å². The van der Waals surface area contributed by atoms with E-state index in [-0.39, 0.29) is 35.9 Å². The van der Waals surface area contributed by atoms with Crippen molar-refractivity contribution < 1.29 is 28.9 Å². The Labute approximate surface area is 205 Å². The van der Waals surface area contributed by atoms with Crippen LogP contribution in [-0.2, 0) is 14.3 Å². The molecule has 1 amide bonds. The van der Waals surface area contributed by atoms with Crippen molar-refractivity contribution in [3.8, 4) is 11.5 Å². The molecule has 5 rings (SSSR count). The van der Waals surface area contributed by atoms with Crippen molar-refractivity contribution >= 4 is 17.7 Å². The molecule has 1 saturated heterocycles. The lowest BCUT2D eigenvalue weighted by Crippen LogP contribution is -2.59. The van der Waals surface area contributed by atoms with Gasteiger partial charge in [-0.3, -0.25) is 10.1 Å². The molecule has 0 spiro atoms. The van der Waals surface area contributed by atoms with E-state index in [1.807, 2.05) is 37.3 Å². The van der Waals surface area contributed by atoms with Gasteiger partial charge in [-0.05, 0) is 73.4 Å². The third-order valence-electron chi connectivity index (χ3n) is 8.65. The molecule has 2 N–H and O–H groups in total. The van der Waals surface area contributed by atoms with Crippen LogP contribution in [0.2, 0.25) is 0 Å². The predicted molar refractivity (Wildman–Crippen MR) is 130 cm³/mol. The van der Waals surface area contributed by atoms with Crippen LogP contribution < -0.4 is 10.1 Å². The topological polar surface area (TPSA) is 94.1 Å². The lowest BCUT2D eigenvalue weighted by molar-refractivity contribution is -0.174. The molecular weight excluding hydrogens is 446 g/mol. The van der Waals surface area contributed by atoms with E-state index in [2.05, 4.69) is 12.2 Å². The fourth-order valence-electron chi connectivity index (χ4n) is 6.80. The first-order valence-corrected chi connectivity index (χ1v) is 12.4. The number of aliphatic hydroxyl groups is 1. The average molecular weight is 480 g/mol. The van der Waals surface area contributed by atoms with Crippen LogP contribution in [-0.4, -0.2) is 36.0 Å². The van der Waals surface area contributed by atoms with Crippen LogP contribution in [0.25, 0.3) is 0 Å². The van der Waals surface area contributed by atoms with Crippen LogP contribution in [0.5, 0.6) is 11.5 Å². The Morgan fingerprint density at radius 1 is 1.06 bits per heavy atom. The second-order valence-corrected chi connectivity index (χ2v) is 10.6. The summed E-state index contributed by atoms with van der Waals surface area (Å²) in [6.45, 7) is 4.16. The zero-order valence-corrected chi connectivity index (χ0v) is 20.2. The Hall–Kier alpha value is -3.06. The van der Waals surface area contributed by atoms with Crippen LogP contribution in [0.15, 0.2) is 54.6 Å². The van der Waals surface area contributed by atoms with E-state index in [9.17, 15) is 14.7 Å². The zero-order chi connectivity index (χ0) is 24.6. The Morgan fingerprint density at radius 2 is 1.77 bits per heavy atom. The summed E-state index contributed by atoms with van der Waals surface area (Å²) in [6, 6.07) is 16.6. The summed E-state index contributed by atoms with van der Waals surface area (Å²) in [7, 11) is 0. The Morgan fingerprint density at radius 3 is 2.49 bits per heavy atom. The van der Waals surface area contributed by atoms with Gasteiger partial charge in [0.15, 0.2) is 0 Å². The number of nitrogens with one attached hydrogen (secondary N) is 1. The molecule has 2 saturated carbocycles. The molecule has 3 fully saturated rings. The number of rotatable bonds is 5. The van der Waals surface area contributed by atoms with Gasteiger partial charge < -0.3 is 19.3 Å². The van der Waals surface area contributed by atoms with E-state index < -0.39 is 17.6 Å². The molecule has 186 valence electrons. The minimum absolute atomic E-state index is 0.0266. The highest BCUT2D eigenvalue weighted by atomic mass is 16.6. The first-order valence-electron chi connectivity index (χ1n) is 12.4. The molecule has 7 nitrogen and oxygen atoms in total. The van der Waals surface area contributed by atoms with E-state index in [0.29, 0.717) is 24.3 Å². The number of hydrogen-bond acceptors (Lipinski definition) is 6. The minimum Gasteiger partial charge on any atom is -0.462 e. The van der Waals surface area contributed by atoms with Crippen molar-refractivity contribution in [1.29, 1.82) is 0 Å². The van der Waals surface area contributed by atoms with Crippen LogP contribution in [0.4, 0.5) is 10.5 Å². The zero-order valence-electron chi connectivity index (χ0n) is 20.2. The summed E-state index contributed by atoms with van der Waals surface area (Å²) in [5, 5.41) is 13.3. The quantitative estimate of drug-likeness (QED) is 0.547. The number of anilines is 1. The Balaban J connectivity index is 1.24.